The van der Waals surface area contributed by atoms with Crippen LogP contribution in [0.1, 0.15) is 46.5 Å². The second-order valence-electron chi connectivity index (χ2n) is 9.21. The molecule has 1 heterocycles. The van der Waals surface area contributed by atoms with Crippen molar-refractivity contribution in [2.45, 2.75) is 89.4 Å². The minimum absolute atomic E-state index is 0.246. The van der Waals surface area contributed by atoms with E-state index in [9.17, 15) is 23.6 Å². The van der Waals surface area contributed by atoms with Crippen molar-refractivity contribution in [1.29, 1.82) is 0 Å². The van der Waals surface area contributed by atoms with E-state index in [4.69, 9.17) is 33.2 Å². The molecule has 1 aliphatic heterocycles. The number of ether oxygens (including phenoxy) is 7. The summed E-state index contributed by atoms with van der Waals surface area (Å²) < 4.78 is 52.4. The Kier molecular flexibility index (Phi) is 10.9. The molecule has 1 aromatic carbocycles. The molecule has 0 radical (unpaired) electrons. The van der Waals surface area contributed by atoms with Crippen molar-refractivity contribution in [3.63, 3.8) is 0 Å². The van der Waals surface area contributed by atoms with Gasteiger partial charge in [0.25, 0.3) is 0 Å². The van der Waals surface area contributed by atoms with Gasteiger partial charge in [-0.25, -0.2) is 9.18 Å². The lowest BCUT2D eigenvalue weighted by atomic mass is 9.96. The van der Waals surface area contributed by atoms with Crippen molar-refractivity contribution in [3.05, 3.63) is 24.3 Å². The smallest absolute Gasteiger partial charge is 0.411 e. The Morgan fingerprint density at radius 2 is 1.54 bits per heavy atom. The first-order valence-electron chi connectivity index (χ1n) is 12.6. The van der Waals surface area contributed by atoms with Crippen LogP contribution in [0.3, 0.4) is 0 Å². The number of hydrogen-bond acceptors (Lipinski definition) is 11. The van der Waals surface area contributed by atoms with Crippen molar-refractivity contribution in [2.24, 2.45) is 0 Å². The topological polar surface area (TPSA) is 145 Å². The lowest BCUT2D eigenvalue weighted by molar-refractivity contribution is -0.289. The van der Waals surface area contributed by atoms with Gasteiger partial charge in [-0.05, 0) is 43.5 Å². The summed E-state index contributed by atoms with van der Waals surface area (Å²) in [6.07, 6.45) is -5.88. The van der Waals surface area contributed by atoms with Crippen LogP contribution in [-0.2, 0) is 42.8 Å². The monoisotopic (exact) mass is 555 g/mol. The Hall–Kier alpha value is -3.45. The van der Waals surface area contributed by atoms with Gasteiger partial charge in [0.05, 0.1) is 0 Å². The second-order valence-corrected chi connectivity index (χ2v) is 9.21. The summed E-state index contributed by atoms with van der Waals surface area (Å²) in [5.74, 6) is -1.67. The maximum absolute atomic E-state index is 14.0. The van der Waals surface area contributed by atoms with Crippen molar-refractivity contribution in [3.8, 4) is 5.75 Å². The first kappa shape index (κ1) is 30.1. The lowest BCUT2D eigenvalue weighted by Crippen LogP contribution is -2.63. The summed E-state index contributed by atoms with van der Waals surface area (Å²) in [6, 6.07) is 6.05. The van der Waals surface area contributed by atoms with Crippen LogP contribution in [0.2, 0.25) is 0 Å². The van der Waals surface area contributed by atoms with Crippen molar-refractivity contribution in [2.75, 3.05) is 19.0 Å². The summed E-state index contributed by atoms with van der Waals surface area (Å²) in [5, 5.41) is 2.55. The van der Waals surface area contributed by atoms with Gasteiger partial charge in [-0.3, -0.25) is 19.7 Å². The van der Waals surface area contributed by atoms with Gasteiger partial charge in [0.15, 0.2) is 6.10 Å². The molecule has 13 heteroatoms. The molecule has 1 aliphatic carbocycles. The number of halogens is 1. The third-order valence-corrected chi connectivity index (χ3v) is 6.15. The van der Waals surface area contributed by atoms with Gasteiger partial charge in [0, 0.05) is 33.6 Å². The lowest BCUT2D eigenvalue weighted by Gasteiger charge is -2.44. The van der Waals surface area contributed by atoms with Crippen LogP contribution in [-0.4, -0.2) is 80.7 Å². The van der Waals surface area contributed by atoms with E-state index in [-0.39, 0.29) is 12.4 Å². The normalized spacial score (nSPS) is 28.5. The summed E-state index contributed by atoms with van der Waals surface area (Å²) in [4.78, 5) is 47.4. The number of methoxy groups -OCH3 is 1. The predicted molar refractivity (Wildman–Crippen MR) is 132 cm³/mol. The number of esters is 3. The van der Waals surface area contributed by atoms with Crippen molar-refractivity contribution in [1.82, 2.24) is 0 Å². The van der Waals surface area contributed by atoms with Gasteiger partial charge in [-0.2, -0.15) is 0 Å². The van der Waals surface area contributed by atoms with E-state index in [0.29, 0.717) is 18.5 Å². The zero-order chi connectivity index (χ0) is 28.5. The van der Waals surface area contributed by atoms with Crippen LogP contribution in [0.5, 0.6) is 5.75 Å². The Morgan fingerprint density at radius 3 is 2.13 bits per heavy atom. The molecule has 39 heavy (non-hydrogen) atoms. The Balaban J connectivity index is 1.73. The average Bonchev–Trinajstić information content (AvgIpc) is 2.86. The maximum atomic E-state index is 14.0. The molecule has 1 N–H and O–H groups in total. The van der Waals surface area contributed by atoms with Gasteiger partial charge >= 0.3 is 24.0 Å². The highest BCUT2D eigenvalue weighted by molar-refractivity contribution is 5.84. The van der Waals surface area contributed by atoms with E-state index < -0.39 is 67.0 Å². The quantitative estimate of drug-likeness (QED) is 0.354. The van der Waals surface area contributed by atoms with Gasteiger partial charge < -0.3 is 33.2 Å². The number of rotatable bonds is 9. The molecular formula is C26H34FNO11. The SMILES string of the molecule is CO[C@H]1[C@H](OC(C)=O)[C@@H](OC(C)=O)[C@H](Oc2ccc(NC(=O)O[C@@H]3CCCC[C@H]3F)cc2)O[C@@H]1COC(C)=O. The molecule has 2 aliphatic rings. The molecule has 1 saturated carbocycles. The number of carbonyl (C=O) groups is 4. The fourth-order valence-electron chi connectivity index (χ4n) is 4.46. The third kappa shape index (κ3) is 8.79. The largest absolute Gasteiger partial charge is 0.463 e. The fraction of sp³-hybridized carbons (Fsp3) is 0.615. The van der Waals surface area contributed by atoms with Crippen LogP contribution >= 0.6 is 0 Å². The molecular weight excluding hydrogens is 521 g/mol. The maximum Gasteiger partial charge on any atom is 0.411 e. The first-order chi connectivity index (χ1) is 18.6. The third-order valence-electron chi connectivity index (χ3n) is 6.15. The van der Waals surface area contributed by atoms with Crippen LogP contribution in [0, 0.1) is 0 Å². The standard InChI is InChI=1S/C26H34FNO11/c1-14(29)34-13-21-22(33-4)23(35-15(2)30)24(36-16(3)31)25(38-21)37-18-11-9-17(10-12-18)28-26(32)39-20-8-6-5-7-19(20)27/h9-12,19-25H,5-8,13H2,1-4H3,(H,28,32)/t19-,20-,21-,22-,23+,24-,25-/m1/s1. The first-order valence-corrected chi connectivity index (χ1v) is 12.6. The number of hydrogen-bond donors (Lipinski definition) is 1. The molecule has 0 unspecified atom stereocenters. The Morgan fingerprint density at radius 1 is 0.897 bits per heavy atom. The summed E-state index contributed by atoms with van der Waals surface area (Å²) >= 11 is 0. The summed E-state index contributed by atoms with van der Waals surface area (Å²) in [5.41, 5.74) is 0.365. The number of alkyl halides is 1. The highest BCUT2D eigenvalue weighted by Crippen LogP contribution is 2.31. The molecule has 0 bridgehead atoms. The summed E-state index contributed by atoms with van der Waals surface area (Å²) in [6.45, 7) is 3.33. The van der Waals surface area contributed by atoms with Gasteiger partial charge in [-0.15, -0.1) is 0 Å². The number of anilines is 1. The highest BCUT2D eigenvalue weighted by atomic mass is 19.1. The van der Waals surface area contributed by atoms with Crippen molar-refractivity contribution >= 4 is 29.7 Å². The highest BCUT2D eigenvalue weighted by Gasteiger charge is 2.52. The minimum Gasteiger partial charge on any atom is -0.463 e. The molecule has 1 amide bonds. The van der Waals surface area contributed by atoms with Crippen LogP contribution in [0.4, 0.5) is 14.9 Å². The van der Waals surface area contributed by atoms with E-state index in [1.807, 2.05) is 0 Å². The number of carbonyl (C=O) groups excluding carboxylic acids is 4. The average molecular weight is 556 g/mol. The molecule has 0 spiro atoms. The zero-order valence-corrected chi connectivity index (χ0v) is 22.3. The van der Waals surface area contributed by atoms with Gasteiger partial charge in [-0.1, -0.05) is 6.42 Å². The summed E-state index contributed by atoms with van der Waals surface area (Å²) in [7, 11) is 1.34. The molecule has 1 aromatic rings. The van der Waals surface area contributed by atoms with Crippen molar-refractivity contribution < 1.29 is 56.7 Å². The van der Waals surface area contributed by atoms with E-state index in [2.05, 4.69) is 5.32 Å². The second kappa shape index (κ2) is 14.1. The number of benzene rings is 1. The van der Waals surface area contributed by atoms with E-state index in [0.717, 1.165) is 12.8 Å². The van der Waals surface area contributed by atoms with E-state index >= 15 is 0 Å². The molecule has 7 atom stereocenters. The molecule has 2 fully saturated rings. The Labute approximate surface area is 225 Å². The minimum atomic E-state index is -1.29. The Bertz CT molecular complexity index is 1000. The van der Waals surface area contributed by atoms with Gasteiger partial charge in [0.2, 0.25) is 12.4 Å². The molecule has 216 valence electrons. The molecule has 12 nitrogen and oxygen atoms in total. The zero-order valence-electron chi connectivity index (χ0n) is 22.3. The molecule has 0 aromatic heterocycles. The van der Waals surface area contributed by atoms with Crippen LogP contribution in [0.15, 0.2) is 24.3 Å². The van der Waals surface area contributed by atoms with E-state index in [1.165, 1.54) is 52.1 Å². The van der Waals surface area contributed by atoms with Gasteiger partial charge in [0.1, 0.15) is 36.8 Å². The molecule has 3 rings (SSSR count). The van der Waals surface area contributed by atoms with E-state index in [1.54, 1.807) is 0 Å². The number of nitrogens with one attached hydrogen (secondary N) is 1. The molecule has 1 saturated heterocycles. The van der Waals surface area contributed by atoms with Crippen LogP contribution < -0.4 is 10.1 Å². The number of amides is 1. The fourth-order valence-corrected chi connectivity index (χ4v) is 4.46. The van der Waals surface area contributed by atoms with Crippen LogP contribution in [0.25, 0.3) is 0 Å². The predicted octanol–water partition coefficient (Wildman–Crippen LogP) is 3.06.